The van der Waals surface area contributed by atoms with E-state index in [1.807, 2.05) is 28.4 Å². The van der Waals surface area contributed by atoms with Gasteiger partial charge in [-0.3, -0.25) is 4.79 Å². The maximum absolute atomic E-state index is 12.7. The normalized spacial score (nSPS) is 18.9. The molecule has 2 N–H and O–H groups in total. The van der Waals surface area contributed by atoms with Gasteiger partial charge in [-0.15, -0.1) is 16.9 Å². The van der Waals surface area contributed by atoms with Crippen LogP contribution in [-0.4, -0.2) is 101 Å². The molecule has 3 aliphatic rings. The van der Waals surface area contributed by atoms with Crippen molar-refractivity contribution in [3.8, 4) is 6.07 Å². The largest absolute Gasteiger partial charge is 0.366 e. The minimum Gasteiger partial charge on any atom is -0.366 e. The molecule has 1 aromatic carbocycles. The summed E-state index contributed by atoms with van der Waals surface area (Å²) in [6, 6.07) is 15.0. The van der Waals surface area contributed by atoms with Gasteiger partial charge in [-0.25, -0.2) is 9.94 Å². The van der Waals surface area contributed by atoms with Crippen LogP contribution in [0.3, 0.4) is 0 Å². The van der Waals surface area contributed by atoms with E-state index < -0.39 is 0 Å². The van der Waals surface area contributed by atoms with E-state index in [0.717, 1.165) is 56.3 Å². The Labute approximate surface area is 238 Å². The highest BCUT2D eigenvalue weighted by Gasteiger charge is 2.45. The molecule has 40 heavy (non-hydrogen) atoms. The summed E-state index contributed by atoms with van der Waals surface area (Å²) in [5.41, 5.74) is 6.93. The predicted octanol–water partition coefficient (Wildman–Crippen LogP) is 1.97. The molecule has 5 heterocycles. The first-order valence-electron chi connectivity index (χ1n) is 13.5. The zero-order valence-corrected chi connectivity index (χ0v) is 23.7. The smallest absolute Gasteiger partial charge is 0.247 e. The van der Waals surface area contributed by atoms with Gasteiger partial charge in [0, 0.05) is 68.4 Å². The maximum atomic E-state index is 12.7. The summed E-state index contributed by atoms with van der Waals surface area (Å²) in [6.45, 7) is 5.71. The number of thioether (sulfide) groups is 1. The molecule has 208 valence electrons. The summed E-state index contributed by atoms with van der Waals surface area (Å²) in [5.74, 6) is 0.625. The van der Waals surface area contributed by atoms with Gasteiger partial charge in [-0.05, 0) is 43.1 Å². The Morgan fingerprint density at radius 1 is 1.18 bits per heavy atom. The van der Waals surface area contributed by atoms with Crippen molar-refractivity contribution in [3.05, 3.63) is 60.1 Å². The summed E-state index contributed by atoms with van der Waals surface area (Å²) >= 11 is 1.72. The lowest BCUT2D eigenvalue weighted by molar-refractivity contribution is -0.133. The van der Waals surface area contributed by atoms with E-state index in [1.165, 1.54) is 10.5 Å². The zero-order valence-electron chi connectivity index (χ0n) is 22.9. The number of hydrazine groups is 1. The van der Waals surface area contributed by atoms with Gasteiger partial charge >= 0.3 is 0 Å². The fourth-order valence-corrected chi connectivity index (χ4v) is 6.04. The summed E-state index contributed by atoms with van der Waals surface area (Å²) in [6.07, 6.45) is 6.34. The number of likely N-dealkylation sites (N-methyl/N-ethyl adjacent to an activating group) is 1. The first-order chi connectivity index (χ1) is 19.5. The van der Waals surface area contributed by atoms with Crippen molar-refractivity contribution >= 4 is 35.0 Å². The van der Waals surface area contributed by atoms with E-state index >= 15 is 0 Å². The van der Waals surface area contributed by atoms with Gasteiger partial charge in [0.1, 0.15) is 6.54 Å². The summed E-state index contributed by atoms with van der Waals surface area (Å²) < 4.78 is 1.78. The highest BCUT2D eigenvalue weighted by molar-refractivity contribution is 7.98. The SMILES string of the molecule is CSc1ccc(C2(CC#N)CN(c3cccn4nc(NC5=CN(CC(=O)N6CCN(C)CC6)NC5)nc34)C2)cc1. The minimum atomic E-state index is -0.190. The molecule has 12 heteroatoms. The second kappa shape index (κ2) is 11.0. The standard InChI is InChI=1S/C28H34N10OS/c1-34-12-14-35(15-13-34)25(39)18-37-17-22(16-30-37)31-27-32-26-24(4-3-11-38(26)33-27)36-19-28(20-36,9-10-29)21-5-7-23(40-2)8-6-21/h3-8,11,17,30H,9,12-16,18-20H2,1-2H3,(H,31,33). The number of nitrogens with one attached hydrogen (secondary N) is 2. The Balaban J connectivity index is 1.12. The molecule has 0 unspecified atom stereocenters. The number of hydrogen-bond donors (Lipinski definition) is 2. The average molecular weight is 559 g/mol. The van der Waals surface area contributed by atoms with Gasteiger partial charge in [0.2, 0.25) is 11.9 Å². The van der Waals surface area contributed by atoms with E-state index in [9.17, 15) is 10.1 Å². The van der Waals surface area contributed by atoms with E-state index in [2.05, 4.69) is 75.3 Å². The molecule has 0 aliphatic carbocycles. The highest BCUT2D eigenvalue weighted by atomic mass is 32.2. The van der Waals surface area contributed by atoms with Crippen LogP contribution in [0.4, 0.5) is 11.6 Å². The van der Waals surface area contributed by atoms with Gasteiger partial charge < -0.3 is 25.0 Å². The van der Waals surface area contributed by atoms with Crippen LogP contribution in [-0.2, 0) is 10.2 Å². The van der Waals surface area contributed by atoms with E-state index in [0.29, 0.717) is 18.9 Å². The molecule has 6 rings (SSSR count). The van der Waals surface area contributed by atoms with Crippen molar-refractivity contribution < 1.29 is 4.79 Å². The van der Waals surface area contributed by atoms with E-state index in [4.69, 9.17) is 4.98 Å². The topological polar surface area (TPSA) is 108 Å². The molecule has 0 atom stereocenters. The Bertz CT molecular complexity index is 1450. The molecule has 0 saturated carbocycles. The van der Waals surface area contributed by atoms with Gasteiger partial charge in [-0.1, -0.05) is 12.1 Å². The number of carbonyl (C=O) groups excluding carboxylic acids is 1. The molecule has 0 radical (unpaired) electrons. The molecular formula is C28H34N10OS. The lowest BCUT2D eigenvalue weighted by Crippen LogP contribution is -2.59. The Morgan fingerprint density at radius 3 is 2.67 bits per heavy atom. The third kappa shape index (κ3) is 5.20. The van der Waals surface area contributed by atoms with Crippen molar-refractivity contribution in [2.75, 3.05) is 75.9 Å². The number of hydrogen-bond acceptors (Lipinski definition) is 10. The quantitative estimate of drug-likeness (QED) is 0.399. The molecule has 3 aliphatic heterocycles. The molecule has 11 nitrogen and oxygen atoms in total. The number of nitriles is 1. The number of fused-ring (bicyclic) bond motifs is 1. The fourth-order valence-electron chi connectivity index (χ4n) is 5.63. The number of aromatic nitrogens is 3. The minimum absolute atomic E-state index is 0.121. The second-order valence-corrected chi connectivity index (χ2v) is 11.6. The van der Waals surface area contributed by atoms with Crippen LogP contribution < -0.4 is 15.6 Å². The predicted molar refractivity (Wildman–Crippen MR) is 156 cm³/mol. The average Bonchev–Trinajstić information content (AvgIpc) is 3.57. The van der Waals surface area contributed by atoms with E-state index in [-0.39, 0.29) is 17.9 Å². The monoisotopic (exact) mass is 558 g/mol. The molecule has 0 spiro atoms. The Morgan fingerprint density at radius 2 is 1.95 bits per heavy atom. The fraction of sp³-hybridized carbons (Fsp3) is 0.429. The number of anilines is 2. The summed E-state index contributed by atoms with van der Waals surface area (Å²) in [7, 11) is 2.08. The van der Waals surface area contributed by atoms with Crippen LogP contribution >= 0.6 is 11.8 Å². The third-order valence-electron chi connectivity index (χ3n) is 8.01. The number of rotatable bonds is 8. The number of amides is 1. The first-order valence-corrected chi connectivity index (χ1v) is 14.7. The third-order valence-corrected chi connectivity index (χ3v) is 8.75. The van der Waals surface area contributed by atoms with Crippen LogP contribution in [0.1, 0.15) is 12.0 Å². The Hall–Kier alpha value is -3.79. The van der Waals surface area contributed by atoms with Gasteiger partial charge in [0.25, 0.3) is 0 Å². The van der Waals surface area contributed by atoms with Crippen LogP contribution in [0.2, 0.25) is 0 Å². The van der Waals surface area contributed by atoms with E-state index in [1.54, 1.807) is 16.3 Å². The second-order valence-electron chi connectivity index (χ2n) is 10.7. The van der Waals surface area contributed by atoms with Gasteiger partial charge in [0.15, 0.2) is 5.65 Å². The van der Waals surface area contributed by atoms with Crippen LogP contribution in [0.15, 0.2) is 59.4 Å². The molecule has 2 aromatic heterocycles. The van der Waals surface area contributed by atoms with Crippen molar-refractivity contribution in [3.63, 3.8) is 0 Å². The Kier molecular flexibility index (Phi) is 7.27. The first kappa shape index (κ1) is 26.4. The number of piperazine rings is 1. The van der Waals surface area contributed by atoms with Crippen LogP contribution in [0.25, 0.3) is 5.65 Å². The lowest BCUT2D eigenvalue weighted by atomic mass is 9.71. The molecule has 1 amide bonds. The maximum Gasteiger partial charge on any atom is 0.247 e. The summed E-state index contributed by atoms with van der Waals surface area (Å²) in [4.78, 5) is 25.2. The molecule has 3 aromatic rings. The molecule has 0 bridgehead atoms. The van der Waals surface area contributed by atoms with Crippen molar-refractivity contribution in [2.45, 2.75) is 16.7 Å². The van der Waals surface area contributed by atoms with Gasteiger partial charge in [0.05, 0.1) is 24.0 Å². The van der Waals surface area contributed by atoms with Crippen molar-refractivity contribution in [2.24, 2.45) is 0 Å². The highest BCUT2D eigenvalue weighted by Crippen LogP contribution is 2.41. The molecular weight excluding hydrogens is 524 g/mol. The van der Waals surface area contributed by atoms with Crippen LogP contribution in [0.5, 0.6) is 0 Å². The molecule has 2 saturated heterocycles. The van der Waals surface area contributed by atoms with Crippen molar-refractivity contribution in [1.82, 2.24) is 34.8 Å². The lowest BCUT2D eigenvalue weighted by Gasteiger charge is -2.50. The number of benzene rings is 1. The van der Waals surface area contributed by atoms with Gasteiger partial charge in [-0.2, -0.15) is 10.2 Å². The number of carbonyl (C=O) groups is 1. The molecule has 2 fully saturated rings. The number of pyridine rings is 1. The number of nitrogens with zero attached hydrogens (tertiary/aromatic N) is 8. The zero-order chi connectivity index (χ0) is 27.7. The van der Waals surface area contributed by atoms with Crippen molar-refractivity contribution in [1.29, 1.82) is 5.26 Å². The summed E-state index contributed by atoms with van der Waals surface area (Å²) in [5, 5.41) is 19.4. The van der Waals surface area contributed by atoms with Crippen LogP contribution in [0, 0.1) is 11.3 Å².